The van der Waals surface area contributed by atoms with Crippen LogP contribution in [0.25, 0.3) is 6.08 Å². The maximum absolute atomic E-state index is 12.4. The zero-order chi connectivity index (χ0) is 23.3. The van der Waals surface area contributed by atoms with Crippen LogP contribution in [0.3, 0.4) is 0 Å². The van der Waals surface area contributed by atoms with Crippen molar-refractivity contribution in [3.05, 3.63) is 37.6 Å². The van der Waals surface area contributed by atoms with E-state index in [0.717, 1.165) is 4.57 Å². The number of carbonyl (C=O) groups excluding carboxylic acids is 2. The molecule has 2 rings (SSSR count). The molecule has 1 aliphatic rings. The topological polar surface area (TPSA) is 149 Å². The number of nitrogens with zero attached hydrogens (tertiary/aromatic N) is 1. The van der Waals surface area contributed by atoms with Gasteiger partial charge in [-0.1, -0.05) is 15.9 Å². The number of aromatic nitrogens is 2. The molecule has 11 nitrogen and oxygen atoms in total. The Kier molecular flexibility index (Phi) is 8.21. The number of nitrogens with one attached hydrogen (secondary N) is 2. The van der Waals surface area contributed by atoms with Crippen molar-refractivity contribution in [1.29, 1.82) is 0 Å². The number of H-pyrrole nitrogens is 1. The molecule has 1 saturated heterocycles. The van der Waals surface area contributed by atoms with Gasteiger partial charge in [-0.2, -0.15) is 0 Å². The van der Waals surface area contributed by atoms with E-state index in [-0.39, 0.29) is 12.0 Å². The van der Waals surface area contributed by atoms with Gasteiger partial charge in [-0.3, -0.25) is 14.3 Å². The van der Waals surface area contributed by atoms with Crippen molar-refractivity contribution in [3.63, 3.8) is 0 Å². The third-order valence-corrected chi connectivity index (χ3v) is 4.53. The molecule has 0 aliphatic carbocycles. The highest BCUT2D eigenvalue weighted by atomic mass is 79.9. The second-order valence-electron chi connectivity index (χ2n) is 7.93. The minimum Gasteiger partial charge on any atom is -0.458 e. The number of esters is 1. The lowest BCUT2D eigenvalue weighted by molar-refractivity contribution is -0.155. The Labute approximate surface area is 186 Å². The van der Waals surface area contributed by atoms with Crippen molar-refractivity contribution in [3.8, 4) is 0 Å². The molecule has 2 heterocycles. The van der Waals surface area contributed by atoms with Crippen molar-refractivity contribution < 1.29 is 28.9 Å². The Balaban J connectivity index is 2.10. The number of aliphatic hydroxyl groups is 1. The summed E-state index contributed by atoms with van der Waals surface area (Å²) in [5, 5.41) is 12.0. The van der Waals surface area contributed by atoms with Gasteiger partial charge in [0.2, 0.25) is 0 Å². The highest BCUT2D eigenvalue weighted by molar-refractivity contribution is 9.11. The number of alkyl carbamates (subject to hydrolysis) is 1. The molecule has 0 saturated carbocycles. The quantitative estimate of drug-likeness (QED) is 0.486. The van der Waals surface area contributed by atoms with Gasteiger partial charge >= 0.3 is 17.8 Å². The summed E-state index contributed by atoms with van der Waals surface area (Å²) in [6.45, 7) is 6.03. The van der Waals surface area contributed by atoms with Crippen LogP contribution in [0.5, 0.6) is 0 Å². The standard InChI is InChI=1S/C19H26BrN3O8/c1-10(21-18(28)31-19(2,3)4)16(26)30-12-7-14(29-13(12)9-24)23-8-11(5-6-20)15(25)22-17(23)27/h5-6,8,10,12-14,24H,7,9H2,1-4H3,(H,21,28)(H,22,25,27)/b6-5+/t10-,12+,13-,14-/m1/s1. The van der Waals surface area contributed by atoms with E-state index in [0.29, 0.717) is 0 Å². The summed E-state index contributed by atoms with van der Waals surface area (Å²) in [6, 6.07) is -1.01. The molecular weight excluding hydrogens is 478 g/mol. The van der Waals surface area contributed by atoms with Crippen LogP contribution in [0.4, 0.5) is 4.79 Å². The van der Waals surface area contributed by atoms with Crippen molar-refractivity contribution >= 4 is 34.1 Å². The van der Waals surface area contributed by atoms with Crippen LogP contribution in [0.2, 0.25) is 0 Å². The van der Waals surface area contributed by atoms with Gasteiger partial charge in [0.25, 0.3) is 5.56 Å². The Hall–Kier alpha value is -2.44. The molecule has 0 bridgehead atoms. The molecule has 3 N–H and O–H groups in total. The number of amides is 1. The van der Waals surface area contributed by atoms with Crippen LogP contribution in [0.1, 0.15) is 45.9 Å². The van der Waals surface area contributed by atoms with Gasteiger partial charge in [-0.25, -0.2) is 14.4 Å². The molecule has 1 fully saturated rings. The first kappa shape index (κ1) is 24.8. The Morgan fingerprint density at radius 2 is 2.13 bits per heavy atom. The highest BCUT2D eigenvalue weighted by Crippen LogP contribution is 2.30. The normalized spacial score (nSPS) is 22.3. The molecule has 1 amide bonds. The second-order valence-corrected chi connectivity index (χ2v) is 8.46. The fourth-order valence-corrected chi connectivity index (χ4v) is 3.14. The summed E-state index contributed by atoms with van der Waals surface area (Å²) in [6.07, 6.45) is -0.598. The molecule has 1 aliphatic heterocycles. The van der Waals surface area contributed by atoms with Crippen LogP contribution in [0.15, 0.2) is 20.8 Å². The minimum absolute atomic E-state index is 0.0551. The summed E-state index contributed by atoms with van der Waals surface area (Å²) in [5.41, 5.74) is -1.80. The van der Waals surface area contributed by atoms with E-state index < -0.39 is 60.0 Å². The SMILES string of the molecule is C[C@@H](NC(=O)OC(C)(C)C)C(=O)O[C@H]1C[C@H](n2cc(/C=C/Br)c(=O)[nH]c2=O)O[C@@H]1CO. The number of hydrogen-bond acceptors (Lipinski definition) is 8. The smallest absolute Gasteiger partial charge is 0.408 e. The van der Waals surface area contributed by atoms with Gasteiger partial charge in [0.1, 0.15) is 30.1 Å². The summed E-state index contributed by atoms with van der Waals surface area (Å²) in [5.74, 6) is -0.754. The number of aliphatic hydroxyl groups excluding tert-OH is 1. The molecule has 1 aromatic heterocycles. The highest BCUT2D eigenvalue weighted by Gasteiger charge is 2.40. The first-order valence-corrected chi connectivity index (χ1v) is 10.4. The number of ether oxygens (including phenoxy) is 3. The molecule has 0 aromatic carbocycles. The fraction of sp³-hybridized carbons (Fsp3) is 0.579. The second kappa shape index (κ2) is 10.2. The Morgan fingerprint density at radius 1 is 1.45 bits per heavy atom. The number of halogens is 1. The third kappa shape index (κ3) is 6.77. The van der Waals surface area contributed by atoms with Crippen molar-refractivity contribution in [2.75, 3.05) is 6.61 Å². The average Bonchev–Trinajstić information content (AvgIpc) is 3.04. The molecule has 172 valence electrons. The summed E-state index contributed by atoms with van der Waals surface area (Å²) in [4.78, 5) is 51.9. The van der Waals surface area contributed by atoms with Gasteiger partial charge in [0, 0.05) is 12.6 Å². The maximum atomic E-state index is 12.4. The van der Waals surface area contributed by atoms with Crippen LogP contribution < -0.4 is 16.6 Å². The molecule has 31 heavy (non-hydrogen) atoms. The molecule has 0 unspecified atom stereocenters. The molecule has 1 aromatic rings. The number of hydrogen-bond donors (Lipinski definition) is 3. The van der Waals surface area contributed by atoms with E-state index in [1.807, 2.05) is 0 Å². The monoisotopic (exact) mass is 503 g/mol. The van der Waals surface area contributed by atoms with Crippen LogP contribution in [-0.2, 0) is 19.0 Å². The Bertz CT molecular complexity index is 949. The summed E-state index contributed by atoms with van der Waals surface area (Å²) >= 11 is 3.07. The summed E-state index contributed by atoms with van der Waals surface area (Å²) in [7, 11) is 0. The molecule has 0 radical (unpaired) electrons. The Morgan fingerprint density at radius 3 is 2.71 bits per heavy atom. The van der Waals surface area contributed by atoms with E-state index in [4.69, 9.17) is 14.2 Å². The van der Waals surface area contributed by atoms with E-state index >= 15 is 0 Å². The predicted octanol–water partition coefficient (Wildman–Crippen LogP) is 1.01. The zero-order valence-corrected chi connectivity index (χ0v) is 19.2. The lowest BCUT2D eigenvalue weighted by Gasteiger charge is -2.23. The number of aromatic amines is 1. The van der Waals surface area contributed by atoms with Gasteiger partial charge in [0.05, 0.1) is 12.2 Å². The van der Waals surface area contributed by atoms with Crippen molar-refractivity contribution in [1.82, 2.24) is 14.9 Å². The average molecular weight is 504 g/mol. The predicted molar refractivity (Wildman–Crippen MR) is 114 cm³/mol. The fourth-order valence-electron chi connectivity index (χ4n) is 2.86. The van der Waals surface area contributed by atoms with E-state index in [1.165, 1.54) is 24.2 Å². The number of rotatable bonds is 6. The van der Waals surface area contributed by atoms with Crippen LogP contribution in [-0.4, -0.2) is 57.2 Å². The largest absolute Gasteiger partial charge is 0.458 e. The molecular formula is C19H26BrN3O8. The van der Waals surface area contributed by atoms with Gasteiger partial charge < -0.3 is 24.6 Å². The first-order valence-electron chi connectivity index (χ1n) is 9.53. The van der Waals surface area contributed by atoms with E-state index in [2.05, 4.69) is 26.2 Å². The molecule has 12 heteroatoms. The van der Waals surface area contributed by atoms with E-state index in [9.17, 15) is 24.3 Å². The van der Waals surface area contributed by atoms with Gasteiger partial charge in [-0.15, -0.1) is 0 Å². The van der Waals surface area contributed by atoms with Crippen molar-refractivity contribution in [2.45, 2.75) is 64.2 Å². The zero-order valence-electron chi connectivity index (χ0n) is 17.6. The van der Waals surface area contributed by atoms with Crippen LogP contribution >= 0.6 is 15.9 Å². The first-order chi connectivity index (χ1) is 14.4. The van der Waals surface area contributed by atoms with Gasteiger partial charge in [-0.05, 0) is 38.8 Å². The molecule has 0 spiro atoms. The molecule has 4 atom stereocenters. The third-order valence-electron chi connectivity index (χ3n) is 4.26. The van der Waals surface area contributed by atoms with Crippen molar-refractivity contribution in [2.24, 2.45) is 0 Å². The number of carbonyl (C=O) groups is 2. The maximum Gasteiger partial charge on any atom is 0.408 e. The lowest BCUT2D eigenvalue weighted by Crippen LogP contribution is -2.44. The van der Waals surface area contributed by atoms with Gasteiger partial charge in [0.15, 0.2) is 0 Å². The minimum atomic E-state index is -1.01. The summed E-state index contributed by atoms with van der Waals surface area (Å²) < 4.78 is 17.3. The van der Waals surface area contributed by atoms with E-state index in [1.54, 1.807) is 20.8 Å². The van der Waals surface area contributed by atoms with Crippen LogP contribution in [0, 0.1) is 0 Å². The lowest BCUT2D eigenvalue weighted by atomic mass is 10.2.